The largest absolute Gasteiger partial charge is 0.507 e. The zero-order chi connectivity index (χ0) is 23.1. The van der Waals surface area contributed by atoms with Gasteiger partial charge in [-0.25, -0.2) is 9.37 Å². The van der Waals surface area contributed by atoms with Gasteiger partial charge in [-0.1, -0.05) is 38.4 Å². The highest BCUT2D eigenvalue weighted by Gasteiger charge is 2.22. The van der Waals surface area contributed by atoms with E-state index in [9.17, 15) is 14.7 Å². The van der Waals surface area contributed by atoms with E-state index in [0.717, 1.165) is 0 Å². The molecule has 0 unspecified atom stereocenters. The number of halogens is 2. The molecule has 0 saturated carbocycles. The van der Waals surface area contributed by atoms with Crippen molar-refractivity contribution in [2.75, 3.05) is 5.32 Å². The Bertz CT molecular complexity index is 1200. The molecule has 8 nitrogen and oxygen atoms in total. The molecule has 0 bridgehead atoms. The molecule has 2 amide bonds. The summed E-state index contributed by atoms with van der Waals surface area (Å²) in [4.78, 5) is 27.9. The highest BCUT2D eigenvalue weighted by Crippen LogP contribution is 2.33. The molecule has 5 N–H and O–H groups in total. The number of anilines is 2. The van der Waals surface area contributed by atoms with E-state index in [1.165, 1.54) is 24.3 Å². The van der Waals surface area contributed by atoms with Crippen molar-refractivity contribution in [1.82, 2.24) is 14.9 Å². The van der Waals surface area contributed by atoms with Gasteiger partial charge >= 0.3 is 0 Å². The number of nitrogens with two attached hydrogens (primary N) is 1. The van der Waals surface area contributed by atoms with E-state index in [1.807, 2.05) is 0 Å². The predicted molar refractivity (Wildman–Crippen MR) is 117 cm³/mol. The molecule has 0 aliphatic carbocycles. The molecule has 0 saturated heterocycles. The van der Waals surface area contributed by atoms with E-state index in [0.29, 0.717) is 11.0 Å². The van der Waals surface area contributed by atoms with Gasteiger partial charge in [-0.15, -0.1) is 0 Å². The van der Waals surface area contributed by atoms with Crippen molar-refractivity contribution in [2.24, 2.45) is 18.2 Å². The molecule has 2 aromatic carbocycles. The van der Waals surface area contributed by atoms with Gasteiger partial charge in [0.25, 0.3) is 5.91 Å². The van der Waals surface area contributed by atoms with Crippen molar-refractivity contribution in [1.29, 1.82) is 0 Å². The van der Waals surface area contributed by atoms with Crippen LogP contribution in [0.3, 0.4) is 0 Å². The summed E-state index contributed by atoms with van der Waals surface area (Å²) in [6.07, 6.45) is 0. The number of nitrogens with one attached hydrogen (secondary N) is 2. The van der Waals surface area contributed by atoms with E-state index in [4.69, 9.17) is 17.3 Å². The zero-order valence-electron chi connectivity index (χ0n) is 17.5. The standard InChI is InChI=1S/C21H23ClFN5O3/c1-21(2,3)19(31)25-9-10-5-6-12(22)17(16(10)23)27-20-26-13-7-11(18(24)30)15(29)8-14(13)28(20)4/h5-8,29H,9H2,1-4H3,(H2,24,30)(H,25,31)(H,26,27). The molecule has 1 heterocycles. The highest BCUT2D eigenvalue weighted by atomic mass is 35.5. The van der Waals surface area contributed by atoms with Crippen molar-refractivity contribution in [3.05, 3.63) is 46.2 Å². The van der Waals surface area contributed by atoms with Crippen molar-refractivity contribution in [3.8, 4) is 5.75 Å². The number of hydrogen-bond acceptors (Lipinski definition) is 5. The first-order valence-corrected chi connectivity index (χ1v) is 9.79. The van der Waals surface area contributed by atoms with Crippen molar-refractivity contribution >= 4 is 46.1 Å². The van der Waals surface area contributed by atoms with E-state index < -0.39 is 17.1 Å². The summed E-state index contributed by atoms with van der Waals surface area (Å²) in [5.74, 6) is -1.69. The third-order valence-electron chi connectivity index (χ3n) is 4.79. The average molecular weight is 448 g/mol. The number of imidazole rings is 1. The number of rotatable bonds is 5. The maximum Gasteiger partial charge on any atom is 0.252 e. The lowest BCUT2D eigenvalue weighted by Crippen LogP contribution is -2.34. The SMILES string of the molecule is Cn1c(Nc2c(Cl)ccc(CNC(=O)C(C)(C)C)c2F)nc2cc(C(N)=O)c(O)cc21. The molecular weight excluding hydrogens is 425 g/mol. The van der Waals surface area contributed by atoms with E-state index >= 15 is 4.39 Å². The van der Waals surface area contributed by atoms with Gasteiger partial charge in [-0.2, -0.15) is 0 Å². The van der Waals surface area contributed by atoms with Crippen LogP contribution in [-0.4, -0.2) is 26.5 Å². The number of aromatic nitrogens is 2. The number of nitrogens with zero attached hydrogens (tertiary/aromatic N) is 2. The van der Waals surface area contributed by atoms with E-state index in [1.54, 1.807) is 32.4 Å². The molecule has 0 aliphatic heterocycles. The Morgan fingerprint density at radius 3 is 2.58 bits per heavy atom. The van der Waals surface area contributed by atoms with Gasteiger partial charge in [0, 0.05) is 30.6 Å². The van der Waals surface area contributed by atoms with Gasteiger partial charge in [0.05, 0.1) is 27.3 Å². The summed E-state index contributed by atoms with van der Waals surface area (Å²) in [7, 11) is 1.65. The van der Waals surface area contributed by atoms with Crippen molar-refractivity contribution < 1.29 is 19.1 Å². The van der Waals surface area contributed by atoms with Gasteiger partial charge < -0.3 is 26.0 Å². The number of primary amides is 1. The summed E-state index contributed by atoms with van der Waals surface area (Å²) >= 11 is 6.20. The fourth-order valence-electron chi connectivity index (χ4n) is 2.94. The Kier molecular flexibility index (Phi) is 5.82. The number of benzene rings is 2. The molecule has 3 rings (SSSR count). The van der Waals surface area contributed by atoms with Crippen LogP contribution < -0.4 is 16.4 Å². The Labute approximate surface area is 183 Å². The maximum atomic E-state index is 15.2. The maximum absolute atomic E-state index is 15.2. The van der Waals surface area contributed by atoms with Crippen molar-refractivity contribution in [3.63, 3.8) is 0 Å². The van der Waals surface area contributed by atoms with Gasteiger partial charge in [-0.3, -0.25) is 9.59 Å². The lowest BCUT2D eigenvalue weighted by atomic mass is 9.95. The molecule has 0 fully saturated rings. The lowest BCUT2D eigenvalue weighted by Gasteiger charge is -2.18. The average Bonchev–Trinajstić information content (AvgIpc) is 2.97. The lowest BCUT2D eigenvalue weighted by molar-refractivity contribution is -0.128. The van der Waals surface area contributed by atoms with Gasteiger partial charge in [0.15, 0.2) is 5.82 Å². The number of carbonyl (C=O) groups excluding carboxylic acids is 2. The van der Waals surface area contributed by atoms with Crippen LogP contribution in [0.2, 0.25) is 5.02 Å². The molecule has 0 radical (unpaired) electrons. The second kappa shape index (κ2) is 8.07. The molecule has 1 aromatic heterocycles. The van der Waals surface area contributed by atoms with Crippen LogP contribution in [-0.2, 0) is 18.4 Å². The minimum absolute atomic E-state index is 0.00777. The molecule has 31 heavy (non-hydrogen) atoms. The first kappa shape index (κ1) is 22.4. The molecule has 0 aliphatic rings. The van der Waals surface area contributed by atoms with Crippen LogP contribution >= 0.6 is 11.6 Å². The second-order valence-corrected chi connectivity index (χ2v) is 8.58. The van der Waals surface area contributed by atoms with Crippen LogP contribution in [0.4, 0.5) is 16.0 Å². The fourth-order valence-corrected chi connectivity index (χ4v) is 3.13. The number of carbonyl (C=O) groups is 2. The summed E-state index contributed by atoms with van der Waals surface area (Å²) in [5, 5.41) is 15.7. The zero-order valence-corrected chi connectivity index (χ0v) is 18.3. The van der Waals surface area contributed by atoms with Gasteiger partial charge in [0.2, 0.25) is 11.9 Å². The van der Waals surface area contributed by atoms with E-state index in [2.05, 4.69) is 15.6 Å². The third kappa shape index (κ3) is 4.41. The van der Waals surface area contributed by atoms with Gasteiger partial charge in [0.1, 0.15) is 5.75 Å². The number of aromatic hydroxyl groups is 1. The highest BCUT2D eigenvalue weighted by molar-refractivity contribution is 6.33. The summed E-state index contributed by atoms with van der Waals surface area (Å²) < 4.78 is 16.7. The van der Waals surface area contributed by atoms with Crippen molar-refractivity contribution in [2.45, 2.75) is 27.3 Å². The summed E-state index contributed by atoms with van der Waals surface area (Å²) in [6, 6.07) is 5.72. The van der Waals surface area contributed by atoms with Crippen LogP contribution in [0.5, 0.6) is 5.75 Å². The number of amides is 2. The number of fused-ring (bicyclic) bond motifs is 1. The Morgan fingerprint density at radius 1 is 1.29 bits per heavy atom. The van der Waals surface area contributed by atoms with Gasteiger partial charge in [-0.05, 0) is 12.1 Å². The quantitative estimate of drug-likeness (QED) is 0.476. The molecule has 164 valence electrons. The summed E-state index contributed by atoms with van der Waals surface area (Å²) in [5.41, 5.74) is 5.69. The minimum atomic E-state index is -0.793. The predicted octanol–water partition coefficient (Wildman–Crippen LogP) is 3.58. The third-order valence-corrected chi connectivity index (χ3v) is 5.11. The monoisotopic (exact) mass is 447 g/mol. The summed E-state index contributed by atoms with van der Waals surface area (Å²) in [6.45, 7) is 5.29. The first-order chi connectivity index (χ1) is 14.4. The van der Waals surface area contributed by atoms with Crippen LogP contribution in [0, 0.1) is 11.2 Å². The molecule has 3 aromatic rings. The molecule has 10 heteroatoms. The van der Waals surface area contributed by atoms with Crippen LogP contribution in [0.25, 0.3) is 11.0 Å². The number of hydrogen-bond donors (Lipinski definition) is 4. The Hall–Kier alpha value is -3.33. The normalized spacial score (nSPS) is 11.5. The first-order valence-electron chi connectivity index (χ1n) is 9.41. The van der Waals surface area contributed by atoms with Crippen LogP contribution in [0.1, 0.15) is 36.7 Å². The smallest absolute Gasteiger partial charge is 0.252 e. The Balaban J connectivity index is 1.95. The van der Waals surface area contributed by atoms with Crippen LogP contribution in [0.15, 0.2) is 24.3 Å². The molecule has 0 atom stereocenters. The Morgan fingerprint density at radius 2 is 1.97 bits per heavy atom. The second-order valence-electron chi connectivity index (χ2n) is 8.17. The molecule has 0 spiro atoms. The molecular formula is C21H23ClFN5O3. The number of phenols is 1. The number of aryl methyl sites for hydroxylation is 1. The topological polar surface area (TPSA) is 122 Å². The minimum Gasteiger partial charge on any atom is -0.507 e. The van der Waals surface area contributed by atoms with E-state index in [-0.39, 0.29) is 46.0 Å². The fraction of sp³-hybridized carbons (Fsp3) is 0.286.